The first-order valence-electron chi connectivity index (χ1n) is 7.07. The Balaban J connectivity index is 0.00000242. The van der Waals surface area contributed by atoms with Crippen LogP contribution < -0.4 is 11.1 Å². The van der Waals surface area contributed by atoms with Crippen LogP contribution >= 0.6 is 12.4 Å². The largest absolute Gasteiger partial charge is 0.441 e. The molecule has 22 heavy (non-hydrogen) atoms. The van der Waals surface area contributed by atoms with Crippen molar-refractivity contribution in [2.24, 2.45) is 5.73 Å². The fraction of sp³-hybridized carbons (Fsp3) is 0.375. The smallest absolute Gasteiger partial charge is 0.226 e. The number of rotatable bonds is 5. The molecule has 5 nitrogen and oxygen atoms in total. The van der Waals surface area contributed by atoms with Crippen molar-refractivity contribution in [3.63, 3.8) is 0 Å². The molecule has 0 saturated heterocycles. The number of benzene rings is 1. The Morgan fingerprint density at radius 1 is 1.27 bits per heavy atom. The van der Waals surface area contributed by atoms with Gasteiger partial charge in [-0.2, -0.15) is 0 Å². The topological polar surface area (TPSA) is 81.2 Å². The van der Waals surface area contributed by atoms with Gasteiger partial charge >= 0.3 is 0 Å². The molecule has 2 rings (SSSR count). The number of amides is 1. The third-order valence-electron chi connectivity index (χ3n) is 3.02. The maximum Gasteiger partial charge on any atom is 0.226 e. The second-order valence-electron chi connectivity index (χ2n) is 5.53. The molecule has 0 saturated carbocycles. The summed E-state index contributed by atoms with van der Waals surface area (Å²) in [5.74, 6) is 1.67. The highest BCUT2D eigenvalue weighted by atomic mass is 35.5. The first kappa shape index (κ1) is 18.2. The van der Waals surface area contributed by atoms with E-state index >= 15 is 0 Å². The first-order valence-corrected chi connectivity index (χ1v) is 7.07. The Morgan fingerprint density at radius 2 is 1.91 bits per heavy atom. The van der Waals surface area contributed by atoms with E-state index in [-0.39, 0.29) is 24.4 Å². The summed E-state index contributed by atoms with van der Waals surface area (Å²) in [4.78, 5) is 15.9. The third-order valence-corrected chi connectivity index (χ3v) is 3.02. The van der Waals surface area contributed by atoms with Crippen LogP contribution in [0.2, 0.25) is 0 Å². The predicted molar refractivity (Wildman–Crippen MR) is 90.2 cm³/mol. The molecule has 0 spiro atoms. The van der Waals surface area contributed by atoms with Crippen LogP contribution in [0.25, 0.3) is 11.5 Å². The van der Waals surface area contributed by atoms with Crippen molar-refractivity contribution in [3.8, 4) is 11.5 Å². The van der Waals surface area contributed by atoms with Crippen molar-refractivity contribution in [1.29, 1.82) is 0 Å². The van der Waals surface area contributed by atoms with Crippen LogP contribution in [0.1, 0.15) is 38.9 Å². The summed E-state index contributed by atoms with van der Waals surface area (Å²) in [6.07, 6.45) is 2.05. The maximum absolute atomic E-state index is 11.6. The zero-order chi connectivity index (χ0) is 15.4. The summed E-state index contributed by atoms with van der Waals surface area (Å²) >= 11 is 0. The van der Waals surface area contributed by atoms with Crippen molar-refractivity contribution >= 4 is 24.0 Å². The molecule has 1 amide bonds. The number of hydrogen-bond acceptors (Lipinski definition) is 4. The van der Waals surface area contributed by atoms with Gasteiger partial charge in [0.25, 0.3) is 0 Å². The number of carbonyl (C=O) groups is 1. The number of carbonyl (C=O) groups excluding carboxylic acids is 1. The van der Waals surface area contributed by atoms with E-state index in [0.717, 1.165) is 17.0 Å². The Bertz CT molecular complexity index is 606. The van der Waals surface area contributed by atoms with Gasteiger partial charge in [0.2, 0.25) is 11.8 Å². The number of halogens is 1. The highest BCUT2D eigenvalue weighted by Crippen LogP contribution is 2.24. The molecule has 120 valence electrons. The SMILES string of the molecule is CC(N)CC(=O)Nc1ccc(-c2ncc(C(C)C)o2)cc1.Cl. The van der Waals surface area contributed by atoms with Crippen LogP contribution in [-0.4, -0.2) is 16.9 Å². The normalized spacial score (nSPS) is 11.9. The molecule has 0 aliphatic carbocycles. The van der Waals surface area contributed by atoms with Gasteiger partial charge in [-0.1, -0.05) is 13.8 Å². The molecule has 6 heteroatoms. The second kappa shape index (κ2) is 7.96. The van der Waals surface area contributed by atoms with Crippen molar-refractivity contribution in [1.82, 2.24) is 4.98 Å². The monoisotopic (exact) mass is 323 g/mol. The molecule has 0 fully saturated rings. The average Bonchev–Trinajstić information content (AvgIpc) is 2.88. The highest BCUT2D eigenvalue weighted by molar-refractivity contribution is 5.91. The number of aromatic nitrogens is 1. The van der Waals surface area contributed by atoms with Crippen LogP contribution in [0.3, 0.4) is 0 Å². The van der Waals surface area contributed by atoms with Crippen molar-refractivity contribution in [3.05, 3.63) is 36.2 Å². The average molecular weight is 324 g/mol. The zero-order valence-corrected chi connectivity index (χ0v) is 13.8. The summed E-state index contributed by atoms with van der Waals surface area (Å²) in [7, 11) is 0. The molecule has 0 aliphatic heterocycles. The lowest BCUT2D eigenvalue weighted by Crippen LogP contribution is -2.23. The summed E-state index contributed by atoms with van der Waals surface area (Å²) in [6.45, 7) is 5.92. The van der Waals surface area contributed by atoms with E-state index < -0.39 is 0 Å². The Kier molecular flexibility index (Phi) is 6.59. The van der Waals surface area contributed by atoms with E-state index in [9.17, 15) is 4.79 Å². The second-order valence-corrected chi connectivity index (χ2v) is 5.53. The minimum atomic E-state index is -0.147. The van der Waals surface area contributed by atoms with Gasteiger partial charge in [0.15, 0.2) is 0 Å². The van der Waals surface area contributed by atoms with Crippen molar-refractivity contribution < 1.29 is 9.21 Å². The third kappa shape index (κ3) is 4.86. The molecule has 0 radical (unpaired) electrons. The lowest BCUT2D eigenvalue weighted by molar-refractivity contribution is -0.116. The minimum absolute atomic E-state index is 0. The van der Waals surface area contributed by atoms with Crippen LogP contribution in [0, 0.1) is 0 Å². The molecular formula is C16H22ClN3O2. The van der Waals surface area contributed by atoms with Crippen LogP contribution in [-0.2, 0) is 4.79 Å². The highest BCUT2D eigenvalue weighted by Gasteiger charge is 2.10. The molecule has 1 aromatic carbocycles. The number of hydrogen-bond donors (Lipinski definition) is 2. The fourth-order valence-corrected chi connectivity index (χ4v) is 1.89. The van der Waals surface area contributed by atoms with Gasteiger partial charge in [-0.3, -0.25) is 4.79 Å². The molecule has 3 N–H and O–H groups in total. The van der Waals surface area contributed by atoms with Gasteiger partial charge in [-0.25, -0.2) is 4.98 Å². The van der Waals surface area contributed by atoms with Gasteiger partial charge in [0.1, 0.15) is 5.76 Å². The van der Waals surface area contributed by atoms with E-state index in [1.807, 2.05) is 24.3 Å². The van der Waals surface area contributed by atoms with E-state index in [1.165, 1.54) is 0 Å². The number of oxazole rings is 1. The maximum atomic E-state index is 11.6. The van der Waals surface area contributed by atoms with Crippen LogP contribution in [0.4, 0.5) is 5.69 Å². The first-order chi connectivity index (χ1) is 9.95. The molecule has 1 heterocycles. The molecule has 1 atom stereocenters. The Morgan fingerprint density at radius 3 is 2.41 bits per heavy atom. The summed E-state index contributed by atoms with van der Waals surface area (Å²) in [6, 6.07) is 7.25. The van der Waals surface area contributed by atoms with Gasteiger partial charge in [0.05, 0.1) is 6.20 Å². The van der Waals surface area contributed by atoms with Gasteiger partial charge in [0, 0.05) is 29.6 Å². The van der Waals surface area contributed by atoms with Crippen molar-refractivity contribution in [2.75, 3.05) is 5.32 Å². The summed E-state index contributed by atoms with van der Waals surface area (Å²) in [5, 5.41) is 2.81. The lowest BCUT2D eigenvalue weighted by Gasteiger charge is -2.07. The number of nitrogens with two attached hydrogens (primary N) is 1. The van der Waals surface area contributed by atoms with E-state index in [4.69, 9.17) is 10.2 Å². The predicted octanol–water partition coefficient (Wildman–Crippen LogP) is 3.56. The Labute approximate surface area is 136 Å². The summed E-state index contributed by atoms with van der Waals surface area (Å²) in [5.41, 5.74) is 7.21. The van der Waals surface area contributed by atoms with Crippen LogP contribution in [0.15, 0.2) is 34.9 Å². The minimum Gasteiger partial charge on any atom is -0.441 e. The lowest BCUT2D eigenvalue weighted by atomic mass is 10.2. The van der Waals surface area contributed by atoms with Gasteiger partial charge in [-0.15, -0.1) is 12.4 Å². The van der Waals surface area contributed by atoms with E-state index in [2.05, 4.69) is 24.1 Å². The molecule has 2 aromatic rings. The molecule has 0 bridgehead atoms. The molecule has 1 aromatic heterocycles. The van der Waals surface area contributed by atoms with Crippen molar-refractivity contribution in [2.45, 2.75) is 39.2 Å². The van der Waals surface area contributed by atoms with E-state index in [0.29, 0.717) is 18.2 Å². The summed E-state index contributed by atoms with van der Waals surface area (Å²) < 4.78 is 5.69. The van der Waals surface area contributed by atoms with Gasteiger partial charge in [-0.05, 0) is 31.2 Å². The molecule has 1 unspecified atom stereocenters. The zero-order valence-electron chi connectivity index (χ0n) is 13.0. The number of nitrogens with zero attached hydrogens (tertiary/aromatic N) is 1. The van der Waals surface area contributed by atoms with E-state index in [1.54, 1.807) is 13.1 Å². The standard InChI is InChI=1S/C16H21N3O2.ClH/c1-10(2)14-9-18-16(21-14)12-4-6-13(7-5-12)19-15(20)8-11(3)17;/h4-7,9-11H,8,17H2,1-3H3,(H,19,20);1H. The number of anilines is 1. The van der Waals surface area contributed by atoms with Gasteiger partial charge < -0.3 is 15.5 Å². The Hall–Kier alpha value is -1.85. The molecule has 0 aliphatic rings. The van der Waals surface area contributed by atoms with Crippen LogP contribution in [0.5, 0.6) is 0 Å². The quantitative estimate of drug-likeness (QED) is 0.881. The number of nitrogens with one attached hydrogen (secondary N) is 1. The molecular weight excluding hydrogens is 302 g/mol. The fourth-order valence-electron chi connectivity index (χ4n) is 1.89.